The van der Waals surface area contributed by atoms with Gasteiger partial charge in [-0.25, -0.2) is 4.39 Å². The van der Waals surface area contributed by atoms with Crippen molar-refractivity contribution in [3.05, 3.63) is 101 Å². The topological polar surface area (TPSA) is 59.5 Å². The molecule has 1 aliphatic heterocycles. The number of nitrogens with one attached hydrogen (secondary N) is 1. The van der Waals surface area contributed by atoms with Crippen molar-refractivity contribution in [1.82, 2.24) is 9.88 Å². The van der Waals surface area contributed by atoms with Crippen LogP contribution in [0.3, 0.4) is 0 Å². The Morgan fingerprint density at radius 3 is 2.61 bits per heavy atom. The fourth-order valence-electron chi connectivity index (χ4n) is 6.22. The van der Waals surface area contributed by atoms with Crippen LogP contribution < -0.4 is 0 Å². The van der Waals surface area contributed by atoms with E-state index < -0.39 is 11.0 Å². The van der Waals surface area contributed by atoms with Crippen LogP contribution in [0.15, 0.2) is 72.8 Å². The van der Waals surface area contributed by atoms with Gasteiger partial charge in [0.1, 0.15) is 11.6 Å². The lowest BCUT2D eigenvalue weighted by atomic mass is 9.56. The van der Waals surface area contributed by atoms with E-state index in [-0.39, 0.29) is 11.6 Å². The Hall–Kier alpha value is -3.15. The Morgan fingerprint density at radius 1 is 0.970 bits per heavy atom. The van der Waals surface area contributed by atoms with E-state index in [4.69, 9.17) is 0 Å². The van der Waals surface area contributed by atoms with E-state index in [1.807, 2.05) is 36.4 Å². The van der Waals surface area contributed by atoms with Crippen LogP contribution in [-0.2, 0) is 24.8 Å². The van der Waals surface area contributed by atoms with Gasteiger partial charge in [0.2, 0.25) is 0 Å². The van der Waals surface area contributed by atoms with Gasteiger partial charge in [-0.3, -0.25) is 4.90 Å². The Balaban J connectivity index is 1.47. The Bertz CT molecular complexity index is 1330. The van der Waals surface area contributed by atoms with E-state index in [9.17, 15) is 14.6 Å². The lowest BCUT2D eigenvalue weighted by Crippen LogP contribution is -2.66. The molecule has 4 aromatic rings. The number of phenolic OH excluding ortho intramolecular Hbond substituents is 1. The van der Waals surface area contributed by atoms with Gasteiger partial charge in [0.15, 0.2) is 0 Å². The summed E-state index contributed by atoms with van der Waals surface area (Å²) >= 11 is 0. The zero-order valence-corrected chi connectivity index (χ0v) is 18.4. The molecule has 0 unspecified atom stereocenters. The molecule has 0 amide bonds. The predicted octanol–water partition coefficient (Wildman–Crippen LogP) is 4.69. The summed E-state index contributed by atoms with van der Waals surface area (Å²) in [5.41, 5.74) is 3.12. The van der Waals surface area contributed by atoms with Gasteiger partial charge in [-0.1, -0.05) is 48.5 Å². The van der Waals surface area contributed by atoms with Crippen LogP contribution in [-0.4, -0.2) is 38.8 Å². The molecule has 2 aliphatic rings. The van der Waals surface area contributed by atoms with Crippen molar-refractivity contribution in [2.24, 2.45) is 0 Å². The Morgan fingerprint density at radius 2 is 1.79 bits per heavy atom. The number of aromatic amines is 1. The van der Waals surface area contributed by atoms with Gasteiger partial charge in [-0.15, -0.1) is 0 Å². The van der Waals surface area contributed by atoms with Gasteiger partial charge in [0.05, 0.1) is 5.60 Å². The fraction of sp³-hybridized carbons (Fsp3) is 0.286. The first-order chi connectivity index (χ1) is 16.0. The maximum atomic E-state index is 14.8. The van der Waals surface area contributed by atoms with Crippen LogP contribution >= 0.6 is 0 Å². The number of hydrogen-bond donors (Lipinski definition) is 3. The second kappa shape index (κ2) is 7.44. The number of likely N-dealkylation sites (tertiary alicyclic amines) is 1. The molecule has 4 nitrogen and oxygen atoms in total. The monoisotopic (exact) mass is 442 g/mol. The maximum Gasteiger partial charge on any atom is 0.132 e. The molecule has 6 rings (SSSR count). The second-order valence-electron chi connectivity index (χ2n) is 9.71. The number of H-pyrrole nitrogens is 1. The van der Waals surface area contributed by atoms with Crippen LogP contribution in [0.4, 0.5) is 4.39 Å². The number of benzene rings is 3. The SMILES string of the molecule is Oc1cccc([C@@]23CCN(Cc4ccccc4)C[C@@]2(O)Cc2c([nH]c4cccc(F)c24)C3)c1. The number of hydrogen-bond acceptors (Lipinski definition) is 3. The van der Waals surface area contributed by atoms with Crippen molar-refractivity contribution >= 4 is 10.9 Å². The van der Waals surface area contributed by atoms with Gasteiger partial charge < -0.3 is 15.2 Å². The molecular weight excluding hydrogens is 415 g/mol. The first kappa shape index (κ1) is 20.5. The third kappa shape index (κ3) is 3.18. The van der Waals surface area contributed by atoms with Crippen LogP contribution in [0, 0.1) is 5.82 Å². The second-order valence-corrected chi connectivity index (χ2v) is 9.71. The molecule has 2 atom stereocenters. The number of piperidine rings is 1. The molecule has 1 fully saturated rings. The standard InChI is InChI=1S/C28H27FN2O2/c29-23-10-5-11-24-26(23)22-15-28(33)18-31(17-19-6-2-1-3-7-19)13-12-27(28,16-25(22)30-24)20-8-4-9-21(32)14-20/h1-11,14,30,32-33H,12-13,15-18H2/t27-,28-/m0/s1. The average molecular weight is 443 g/mol. The maximum absolute atomic E-state index is 14.8. The Kier molecular flexibility index (Phi) is 4.61. The highest BCUT2D eigenvalue weighted by molar-refractivity contribution is 5.86. The van der Waals surface area contributed by atoms with Gasteiger partial charge in [0, 0.05) is 47.9 Å². The van der Waals surface area contributed by atoms with Gasteiger partial charge in [-0.2, -0.15) is 0 Å². The number of fused-ring (bicyclic) bond motifs is 4. The third-order valence-corrected chi connectivity index (χ3v) is 7.79. The highest BCUT2D eigenvalue weighted by Gasteiger charge is 2.57. The third-order valence-electron chi connectivity index (χ3n) is 7.79. The summed E-state index contributed by atoms with van der Waals surface area (Å²) in [6.07, 6.45) is 1.69. The van der Waals surface area contributed by atoms with E-state index >= 15 is 0 Å². The van der Waals surface area contributed by atoms with Gasteiger partial charge in [0.25, 0.3) is 0 Å². The number of rotatable bonds is 3. The number of aliphatic hydroxyl groups is 1. The molecule has 168 valence electrons. The van der Waals surface area contributed by atoms with Crippen molar-refractivity contribution in [2.45, 2.75) is 36.8 Å². The number of β-amino-alcohol motifs (C(OH)–C–C–N with tert-alkyl or cyclic N) is 1. The highest BCUT2D eigenvalue weighted by atomic mass is 19.1. The predicted molar refractivity (Wildman–Crippen MR) is 127 cm³/mol. The molecule has 5 heteroatoms. The van der Waals surface area contributed by atoms with E-state index in [2.05, 4.69) is 22.0 Å². The van der Waals surface area contributed by atoms with E-state index in [1.165, 1.54) is 11.6 Å². The van der Waals surface area contributed by atoms with Crippen molar-refractivity contribution in [3.63, 3.8) is 0 Å². The summed E-state index contributed by atoms with van der Waals surface area (Å²) < 4.78 is 14.8. The number of aromatic hydroxyl groups is 1. The largest absolute Gasteiger partial charge is 0.508 e. The van der Waals surface area contributed by atoms with Crippen LogP contribution in [0.5, 0.6) is 5.75 Å². The fourth-order valence-corrected chi connectivity index (χ4v) is 6.22. The summed E-state index contributed by atoms with van der Waals surface area (Å²) in [7, 11) is 0. The minimum absolute atomic E-state index is 0.199. The summed E-state index contributed by atoms with van der Waals surface area (Å²) in [6, 6.07) is 22.7. The number of aromatic nitrogens is 1. The van der Waals surface area contributed by atoms with E-state index in [0.29, 0.717) is 24.8 Å². The summed E-state index contributed by atoms with van der Waals surface area (Å²) in [5, 5.41) is 23.2. The zero-order valence-electron chi connectivity index (χ0n) is 18.4. The molecule has 1 aliphatic carbocycles. The smallest absolute Gasteiger partial charge is 0.132 e. The van der Waals surface area contributed by atoms with Crippen LogP contribution in [0.2, 0.25) is 0 Å². The minimum Gasteiger partial charge on any atom is -0.508 e. The molecule has 1 aromatic heterocycles. The Labute approximate surface area is 192 Å². The van der Waals surface area contributed by atoms with Crippen LogP contribution in [0.1, 0.15) is 28.8 Å². The number of nitrogens with zero attached hydrogens (tertiary/aromatic N) is 1. The quantitative estimate of drug-likeness (QED) is 0.432. The highest BCUT2D eigenvalue weighted by Crippen LogP contribution is 2.52. The molecule has 3 aromatic carbocycles. The average Bonchev–Trinajstić information content (AvgIpc) is 3.15. The lowest BCUT2D eigenvalue weighted by Gasteiger charge is -2.56. The molecule has 2 heterocycles. The molecule has 0 saturated carbocycles. The molecule has 0 bridgehead atoms. The molecule has 0 spiro atoms. The van der Waals surface area contributed by atoms with Crippen molar-refractivity contribution < 1.29 is 14.6 Å². The van der Waals surface area contributed by atoms with Gasteiger partial charge >= 0.3 is 0 Å². The van der Waals surface area contributed by atoms with E-state index in [1.54, 1.807) is 18.2 Å². The van der Waals surface area contributed by atoms with Crippen molar-refractivity contribution in [3.8, 4) is 5.75 Å². The summed E-state index contributed by atoms with van der Waals surface area (Å²) in [5.74, 6) is -0.0557. The van der Waals surface area contributed by atoms with Crippen LogP contribution in [0.25, 0.3) is 10.9 Å². The van der Waals surface area contributed by atoms with Crippen molar-refractivity contribution in [2.75, 3.05) is 13.1 Å². The normalized spacial score (nSPS) is 25.0. The minimum atomic E-state index is -1.10. The van der Waals surface area contributed by atoms with Crippen molar-refractivity contribution in [1.29, 1.82) is 0 Å². The molecule has 1 saturated heterocycles. The van der Waals surface area contributed by atoms with Gasteiger partial charge in [-0.05, 0) is 53.9 Å². The van der Waals surface area contributed by atoms with E-state index in [0.717, 1.165) is 41.8 Å². The summed E-state index contributed by atoms with van der Waals surface area (Å²) in [6.45, 7) is 2.07. The zero-order chi connectivity index (χ0) is 22.6. The number of halogens is 1. The molecule has 3 N–H and O–H groups in total. The molecule has 33 heavy (non-hydrogen) atoms. The molecule has 0 radical (unpaired) electrons. The first-order valence-corrected chi connectivity index (χ1v) is 11.5. The first-order valence-electron chi connectivity index (χ1n) is 11.5. The molecular formula is C28H27FN2O2. The summed E-state index contributed by atoms with van der Waals surface area (Å²) in [4.78, 5) is 5.74. The number of phenols is 1. The lowest BCUT2D eigenvalue weighted by molar-refractivity contribution is -0.105.